The first-order valence-electron chi connectivity index (χ1n) is 13.3. The lowest BCUT2D eigenvalue weighted by Crippen LogP contribution is -2.49. The molecular weight excluding hydrogens is 412 g/mol. The molecule has 3 fully saturated rings. The number of anilines is 1. The molecule has 1 amide bonds. The van der Waals surface area contributed by atoms with Gasteiger partial charge in [-0.25, -0.2) is 4.79 Å². The number of piperidine rings is 1. The molecule has 4 aliphatic rings. The van der Waals surface area contributed by atoms with Crippen molar-refractivity contribution in [3.05, 3.63) is 23.8 Å². The van der Waals surface area contributed by atoms with Crippen LogP contribution in [0.15, 0.2) is 18.2 Å². The van der Waals surface area contributed by atoms with Crippen LogP contribution in [0, 0.1) is 5.92 Å². The van der Waals surface area contributed by atoms with Crippen LogP contribution in [-0.2, 0) is 5.41 Å². The molecule has 1 saturated carbocycles. The van der Waals surface area contributed by atoms with Gasteiger partial charge in [0.15, 0.2) is 0 Å². The van der Waals surface area contributed by atoms with Crippen molar-refractivity contribution in [3.63, 3.8) is 0 Å². The van der Waals surface area contributed by atoms with E-state index in [0.717, 1.165) is 26.1 Å². The first-order chi connectivity index (χ1) is 16.0. The van der Waals surface area contributed by atoms with E-state index in [1.54, 1.807) is 0 Å². The summed E-state index contributed by atoms with van der Waals surface area (Å²) in [6.07, 6.45) is 11.7. The number of ether oxygens (including phenoxy) is 1. The molecular formula is C27H42N4O2. The van der Waals surface area contributed by atoms with E-state index in [0.29, 0.717) is 17.8 Å². The Morgan fingerprint density at radius 2 is 1.82 bits per heavy atom. The summed E-state index contributed by atoms with van der Waals surface area (Å²) in [5, 5.41) is 3.00. The van der Waals surface area contributed by atoms with Gasteiger partial charge in [0.1, 0.15) is 5.75 Å². The largest absolute Gasteiger partial charge is 0.412 e. The highest BCUT2D eigenvalue weighted by Gasteiger charge is 2.53. The van der Waals surface area contributed by atoms with Gasteiger partial charge in [-0.1, -0.05) is 32.6 Å². The minimum Gasteiger partial charge on any atom is -0.410 e. The number of carbonyl (C=O) groups is 1. The normalized spacial score (nSPS) is 28.5. The maximum atomic E-state index is 12.5. The van der Waals surface area contributed by atoms with Crippen LogP contribution < -0.4 is 15.0 Å². The molecule has 3 aliphatic heterocycles. The van der Waals surface area contributed by atoms with E-state index in [2.05, 4.69) is 46.1 Å². The van der Waals surface area contributed by atoms with Gasteiger partial charge in [-0.2, -0.15) is 0 Å². The number of likely N-dealkylation sites (tertiary alicyclic amines) is 2. The van der Waals surface area contributed by atoms with Gasteiger partial charge in [0.2, 0.25) is 0 Å². The smallest absolute Gasteiger partial charge is 0.410 e. The number of nitrogens with zero attached hydrogens (tertiary/aromatic N) is 3. The van der Waals surface area contributed by atoms with Crippen molar-refractivity contribution in [1.29, 1.82) is 0 Å². The number of rotatable bonds is 6. The molecule has 1 aromatic carbocycles. The zero-order valence-corrected chi connectivity index (χ0v) is 20.7. The Bertz CT molecular complexity index is 833. The van der Waals surface area contributed by atoms with Crippen LogP contribution in [0.3, 0.4) is 0 Å². The molecule has 1 unspecified atom stereocenters. The molecule has 6 nitrogen and oxygen atoms in total. The molecule has 6 heteroatoms. The summed E-state index contributed by atoms with van der Waals surface area (Å²) in [5.41, 5.74) is 2.68. The highest BCUT2D eigenvalue weighted by Crippen LogP contribution is 2.52. The van der Waals surface area contributed by atoms with Gasteiger partial charge in [-0.05, 0) is 74.9 Å². The number of benzene rings is 1. The summed E-state index contributed by atoms with van der Waals surface area (Å²) in [7, 11) is 2.23. The van der Waals surface area contributed by atoms with Crippen LogP contribution >= 0.6 is 0 Å². The lowest BCUT2D eigenvalue weighted by Gasteiger charge is -2.36. The number of fused-ring (bicyclic) bond motifs is 3. The predicted octanol–water partition coefficient (Wildman–Crippen LogP) is 4.58. The lowest BCUT2D eigenvalue weighted by atomic mass is 9.81. The average molecular weight is 455 g/mol. The maximum absolute atomic E-state index is 12.5. The number of nitrogens with one attached hydrogen (secondary N) is 1. The molecule has 33 heavy (non-hydrogen) atoms. The average Bonchev–Trinajstić information content (AvgIpc) is 3.29. The summed E-state index contributed by atoms with van der Waals surface area (Å²) < 4.78 is 5.72. The molecule has 182 valence electrons. The Labute approximate surface area is 199 Å². The molecule has 1 N–H and O–H groups in total. The van der Waals surface area contributed by atoms with Crippen molar-refractivity contribution < 1.29 is 9.53 Å². The van der Waals surface area contributed by atoms with E-state index in [9.17, 15) is 4.79 Å². The van der Waals surface area contributed by atoms with Crippen molar-refractivity contribution in [1.82, 2.24) is 15.1 Å². The van der Waals surface area contributed by atoms with Crippen molar-refractivity contribution in [2.75, 3.05) is 51.2 Å². The van der Waals surface area contributed by atoms with Crippen molar-refractivity contribution in [2.45, 2.75) is 76.3 Å². The van der Waals surface area contributed by atoms with E-state index in [4.69, 9.17) is 4.74 Å². The quantitative estimate of drug-likeness (QED) is 0.682. The molecule has 2 atom stereocenters. The number of carbonyl (C=O) groups excluding carboxylic acids is 1. The second-order valence-corrected chi connectivity index (χ2v) is 11.0. The maximum Gasteiger partial charge on any atom is 0.412 e. The van der Waals surface area contributed by atoms with Crippen molar-refractivity contribution in [2.24, 2.45) is 5.92 Å². The van der Waals surface area contributed by atoms with E-state index >= 15 is 0 Å². The van der Waals surface area contributed by atoms with Crippen molar-refractivity contribution >= 4 is 11.8 Å². The van der Waals surface area contributed by atoms with E-state index in [-0.39, 0.29) is 11.5 Å². The van der Waals surface area contributed by atoms with E-state index < -0.39 is 0 Å². The van der Waals surface area contributed by atoms with Crippen LogP contribution in [0.1, 0.15) is 70.3 Å². The zero-order valence-electron chi connectivity index (χ0n) is 20.7. The number of hydrogen-bond donors (Lipinski definition) is 1. The van der Waals surface area contributed by atoms with Gasteiger partial charge in [0.25, 0.3) is 0 Å². The molecule has 1 aliphatic carbocycles. The Kier molecular flexibility index (Phi) is 6.84. The number of amides is 1. The van der Waals surface area contributed by atoms with E-state index in [1.807, 2.05) is 6.07 Å². The second kappa shape index (κ2) is 9.83. The zero-order chi connectivity index (χ0) is 22.8. The highest BCUT2D eigenvalue weighted by molar-refractivity contribution is 5.72. The Morgan fingerprint density at radius 3 is 2.61 bits per heavy atom. The summed E-state index contributed by atoms with van der Waals surface area (Å²) in [4.78, 5) is 20.2. The highest BCUT2D eigenvalue weighted by atomic mass is 16.6. The summed E-state index contributed by atoms with van der Waals surface area (Å²) >= 11 is 0. The van der Waals surface area contributed by atoms with Gasteiger partial charge in [0, 0.05) is 44.3 Å². The third-order valence-corrected chi connectivity index (χ3v) is 8.79. The fourth-order valence-electron chi connectivity index (χ4n) is 6.90. The third kappa shape index (κ3) is 4.74. The van der Waals surface area contributed by atoms with Gasteiger partial charge in [-0.15, -0.1) is 0 Å². The summed E-state index contributed by atoms with van der Waals surface area (Å²) in [6, 6.07) is 6.23. The Morgan fingerprint density at radius 1 is 1.06 bits per heavy atom. The summed E-state index contributed by atoms with van der Waals surface area (Å²) in [5.74, 6) is 1.27. The Hall–Kier alpha value is -1.79. The molecule has 0 spiro atoms. The van der Waals surface area contributed by atoms with Gasteiger partial charge in [-0.3, -0.25) is 4.90 Å². The fourth-order valence-corrected chi connectivity index (χ4v) is 6.90. The molecule has 0 aromatic heterocycles. The minimum atomic E-state index is -0.317. The van der Waals surface area contributed by atoms with Gasteiger partial charge >= 0.3 is 6.09 Å². The fraction of sp³-hybridized carbons (Fsp3) is 0.741. The number of hydrogen-bond acceptors (Lipinski definition) is 5. The van der Waals surface area contributed by atoms with Gasteiger partial charge < -0.3 is 19.9 Å². The van der Waals surface area contributed by atoms with Crippen LogP contribution in [0.5, 0.6) is 5.75 Å². The van der Waals surface area contributed by atoms with Gasteiger partial charge in [0.05, 0.1) is 6.17 Å². The molecule has 0 radical (unpaired) electrons. The van der Waals surface area contributed by atoms with E-state index in [1.165, 1.54) is 82.3 Å². The van der Waals surface area contributed by atoms with Crippen LogP contribution in [-0.4, -0.2) is 68.4 Å². The van der Waals surface area contributed by atoms with Crippen molar-refractivity contribution in [3.8, 4) is 5.75 Å². The molecule has 2 saturated heterocycles. The van der Waals surface area contributed by atoms with Crippen LogP contribution in [0.25, 0.3) is 0 Å². The molecule has 1 aromatic rings. The Balaban J connectivity index is 1.21. The third-order valence-electron chi connectivity index (χ3n) is 8.79. The second-order valence-electron chi connectivity index (χ2n) is 11.0. The SMILES string of the molecule is CN1c2ccc(OC(=O)NCC3CCCCC3)cc2[C@]2(C)CCN(CCN3CCCCC3)C12. The lowest BCUT2D eigenvalue weighted by molar-refractivity contribution is 0.164. The van der Waals surface area contributed by atoms with Crippen LogP contribution in [0.2, 0.25) is 0 Å². The first-order valence-corrected chi connectivity index (χ1v) is 13.3. The minimum absolute atomic E-state index is 0.0733. The molecule has 5 rings (SSSR count). The monoisotopic (exact) mass is 454 g/mol. The standard InChI is InChI=1S/C27H42N4O2/c1-27-13-16-31(18-17-30-14-7-4-8-15-30)25(27)29(2)24-12-11-22(19-23(24)27)33-26(32)28-20-21-9-5-3-6-10-21/h11-12,19,21,25H,3-10,13-18,20H2,1-2H3,(H,28,32)/t25?,27-/m0/s1. The molecule has 0 bridgehead atoms. The van der Waals surface area contributed by atoms with Crippen LogP contribution in [0.4, 0.5) is 10.5 Å². The number of likely N-dealkylation sites (N-methyl/N-ethyl adjacent to an activating group) is 1. The topological polar surface area (TPSA) is 48.1 Å². The first kappa shape index (κ1) is 23.0. The summed E-state index contributed by atoms with van der Waals surface area (Å²) in [6.45, 7) is 9.08. The predicted molar refractivity (Wildman–Crippen MR) is 133 cm³/mol. The molecule has 3 heterocycles.